The molecular weight excluding hydrogens is 262 g/mol. The van der Waals surface area contributed by atoms with Crippen LogP contribution < -0.4 is 5.32 Å². The first-order valence-electron chi connectivity index (χ1n) is 6.56. The van der Waals surface area contributed by atoms with Gasteiger partial charge in [-0.3, -0.25) is 0 Å². The summed E-state index contributed by atoms with van der Waals surface area (Å²) < 4.78 is 0. The van der Waals surface area contributed by atoms with Crippen molar-refractivity contribution >= 4 is 17.4 Å². The number of amides is 2. The summed E-state index contributed by atoms with van der Waals surface area (Å²) in [5.41, 5.74) is 1.15. The van der Waals surface area contributed by atoms with Crippen LogP contribution >= 0.6 is 11.3 Å². The van der Waals surface area contributed by atoms with Crippen molar-refractivity contribution in [2.45, 2.75) is 39.7 Å². The van der Waals surface area contributed by atoms with Crippen molar-refractivity contribution in [2.75, 3.05) is 20.2 Å². The Morgan fingerprint density at radius 2 is 2.26 bits per heavy atom. The van der Waals surface area contributed by atoms with E-state index in [-0.39, 0.29) is 18.7 Å². The van der Waals surface area contributed by atoms with Crippen LogP contribution in [0.4, 0.5) is 4.79 Å². The first-order chi connectivity index (χ1) is 8.99. The third-order valence-electron chi connectivity index (χ3n) is 3.13. The fraction of sp³-hybridized carbons (Fsp3) is 0.692. The van der Waals surface area contributed by atoms with Gasteiger partial charge < -0.3 is 15.3 Å². The number of aryl methyl sites for hydroxylation is 2. The van der Waals surface area contributed by atoms with Crippen LogP contribution in [0.15, 0.2) is 0 Å². The van der Waals surface area contributed by atoms with Crippen molar-refractivity contribution < 1.29 is 9.90 Å². The van der Waals surface area contributed by atoms with E-state index in [1.807, 2.05) is 0 Å². The zero-order valence-electron chi connectivity index (χ0n) is 12.1. The lowest BCUT2D eigenvalue weighted by Gasteiger charge is -2.23. The number of nitrogens with one attached hydrogen (secondary N) is 1. The number of likely N-dealkylation sites (N-methyl/N-ethyl adjacent to an activating group) is 1. The summed E-state index contributed by atoms with van der Waals surface area (Å²) in [6, 6.07) is -0.334. The van der Waals surface area contributed by atoms with Crippen LogP contribution in [0, 0.1) is 6.92 Å². The quantitative estimate of drug-likeness (QED) is 0.834. The molecule has 19 heavy (non-hydrogen) atoms. The standard InChI is InChI=1S/C13H23N3O2S/c1-5-11-10(3)19-12(15-11)6-7-14-13(18)16(4)9(2)8-17/h9,17H,5-8H2,1-4H3,(H,14,18). The maximum absolute atomic E-state index is 11.7. The average molecular weight is 285 g/mol. The number of carbonyl (C=O) groups is 1. The fourth-order valence-electron chi connectivity index (χ4n) is 1.65. The highest BCUT2D eigenvalue weighted by molar-refractivity contribution is 7.11. The second-order valence-corrected chi connectivity index (χ2v) is 5.88. The molecule has 0 aromatic carbocycles. The lowest BCUT2D eigenvalue weighted by atomic mass is 10.3. The molecule has 0 spiro atoms. The van der Waals surface area contributed by atoms with E-state index in [1.54, 1.807) is 25.3 Å². The zero-order valence-corrected chi connectivity index (χ0v) is 12.9. The van der Waals surface area contributed by atoms with E-state index in [2.05, 4.69) is 24.1 Å². The summed E-state index contributed by atoms with van der Waals surface area (Å²) in [6.45, 7) is 6.51. The van der Waals surface area contributed by atoms with E-state index >= 15 is 0 Å². The highest BCUT2D eigenvalue weighted by atomic mass is 32.1. The molecule has 6 heteroatoms. The summed E-state index contributed by atoms with van der Waals surface area (Å²) in [5.74, 6) is 0. The number of aromatic nitrogens is 1. The smallest absolute Gasteiger partial charge is 0.317 e. The average Bonchev–Trinajstić information content (AvgIpc) is 2.77. The molecule has 2 amide bonds. The van der Waals surface area contributed by atoms with Gasteiger partial charge in [0.2, 0.25) is 0 Å². The number of aliphatic hydroxyl groups excluding tert-OH is 1. The van der Waals surface area contributed by atoms with Crippen LogP contribution in [-0.4, -0.2) is 47.3 Å². The second kappa shape index (κ2) is 7.45. The number of urea groups is 1. The fourth-order valence-corrected chi connectivity index (χ4v) is 2.67. The van der Waals surface area contributed by atoms with Gasteiger partial charge in [0, 0.05) is 24.9 Å². The maximum atomic E-state index is 11.7. The normalized spacial score (nSPS) is 12.3. The predicted octanol–water partition coefficient (Wildman–Crippen LogP) is 1.58. The summed E-state index contributed by atoms with van der Waals surface area (Å²) in [6.07, 6.45) is 1.70. The van der Waals surface area contributed by atoms with Gasteiger partial charge in [-0.1, -0.05) is 6.92 Å². The van der Waals surface area contributed by atoms with Gasteiger partial charge in [0.05, 0.1) is 23.4 Å². The molecule has 0 aliphatic carbocycles. The molecule has 0 saturated heterocycles. The predicted molar refractivity (Wildman–Crippen MR) is 77.6 cm³/mol. The Hall–Kier alpha value is -1.14. The van der Waals surface area contributed by atoms with E-state index < -0.39 is 0 Å². The molecule has 0 aliphatic heterocycles. The Kier molecular flexibility index (Phi) is 6.24. The molecule has 1 unspecified atom stereocenters. The number of rotatable bonds is 6. The van der Waals surface area contributed by atoms with Crippen molar-refractivity contribution in [3.8, 4) is 0 Å². The van der Waals surface area contributed by atoms with Crippen LogP contribution in [0.1, 0.15) is 29.4 Å². The largest absolute Gasteiger partial charge is 0.394 e. The van der Waals surface area contributed by atoms with Crippen LogP contribution in [-0.2, 0) is 12.8 Å². The van der Waals surface area contributed by atoms with Crippen LogP contribution in [0.2, 0.25) is 0 Å². The van der Waals surface area contributed by atoms with E-state index in [0.29, 0.717) is 6.54 Å². The molecule has 1 heterocycles. The number of aliphatic hydroxyl groups is 1. The van der Waals surface area contributed by atoms with Crippen molar-refractivity contribution in [3.05, 3.63) is 15.6 Å². The molecule has 0 aliphatic rings. The summed E-state index contributed by atoms with van der Waals surface area (Å²) in [7, 11) is 1.68. The van der Waals surface area contributed by atoms with Crippen molar-refractivity contribution in [1.82, 2.24) is 15.2 Å². The number of hydrogen-bond donors (Lipinski definition) is 2. The molecule has 1 rings (SSSR count). The SMILES string of the molecule is CCc1nc(CCNC(=O)N(C)C(C)CO)sc1C. The first kappa shape index (κ1) is 15.9. The van der Waals surface area contributed by atoms with Crippen LogP contribution in [0.3, 0.4) is 0 Å². The highest BCUT2D eigenvalue weighted by Gasteiger charge is 2.14. The first-order valence-corrected chi connectivity index (χ1v) is 7.37. The third kappa shape index (κ3) is 4.47. The van der Waals surface area contributed by atoms with E-state index in [9.17, 15) is 4.79 Å². The van der Waals surface area contributed by atoms with Crippen molar-refractivity contribution in [1.29, 1.82) is 0 Å². The topological polar surface area (TPSA) is 65.5 Å². The van der Waals surface area contributed by atoms with Gasteiger partial charge in [-0.2, -0.15) is 0 Å². The number of hydrogen-bond acceptors (Lipinski definition) is 4. The molecule has 1 atom stereocenters. The summed E-state index contributed by atoms with van der Waals surface area (Å²) >= 11 is 1.69. The van der Waals surface area contributed by atoms with E-state index in [1.165, 1.54) is 9.78 Å². The molecule has 1 aromatic rings. The summed E-state index contributed by atoms with van der Waals surface area (Å²) in [5, 5.41) is 12.9. The maximum Gasteiger partial charge on any atom is 0.317 e. The monoisotopic (exact) mass is 285 g/mol. The molecule has 1 aromatic heterocycles. The Bertz CT molecular complexity index is 420. The Labute approximate surface area is 118 Å². The molecule has 5 nitrogen and oxygen atoms in total. The minimum atomic E-state index is -0.172. The van der Waals surface area contributed by atoms with Gasteiger partial charge in [0.1, 0.15) is 0 Å². The minimum Gasteiger partial charge on any atom is -0.394 e. The van der Waals surface area contributed by atoms with Gasteiger partial charge in [-0.05, 0) is 20.3 Å². The molecule has 0 fully saturated rings. The molecule has 108 valence electrons. The van der Waals surface area contributed by atoms with Gasteiger partial charge in [-0.15, -0.1) is 11.3 Å². The molecule has 0 bridgehead atoms. The van der Waals surface area contributed by atoms with E-state index in [0.717, 1.165) is 23.5 Å². The third-order valence-corrected chi connectivity index (χ3v) is 4.21. The number of carbonyl (C=O) groups excluding carboxylic acids is 1. The highest BCUT2D eigenvalue weighted by Crippen LogP contribution is 2.17. The van der Waals surface area contributed by atoms with Crippen LogP contribution in [0.25, 0.3) is 0 Å². The number of thiazole rings is 1. The molecule has 2 N–H and O–H groups in total. The Morgan fingerprint density at radius 1 is 1.58 bits per heavy atom. The second-order valence-electron chi connectivity index (χ2n) is 4.59. The van der Waals surface area contributed by atoms with Gasteiger partial charge in [0.25, 0.3) is 0 Å². The van der Waals surface area contributed by atoms with Gasteiger partial charge in [-0.25, -0.2) is 9.78 Å². The lowest BCUT2D eigenvalue weighted by Crippen LogP contribution is -2.44. The Morgan fingerprint density at radius 3 is 2.79 bits per heavy atom. The van der Waals surface area contributed by atoms with Crippen molar-refractivity contribution in [2.24, 2.45) is 0 Å². The molecule has 0 radical (unpaired) electrons. The lowest BCUT2D eigenvalue weighted by molar-refractivity contribution is 0.157. The molecule has 0 saturated carbocycles. The number of nitrogens with zero attached hydrogens (tertiary/aromatic N) is 2. The Balaban J connectivity index is 2.39. The van der Waals surface area contributed by atoms with E-state index in [4.69, 9.17) is 5.11 Å². The van der Waals surface area contributed by atoms with Gasteiger partial charge >= 0.3 is 6.03 Å². The van der Waals surface area contributed by atoms with Gasteiger partial charge in [0.15, 0.2) is 0 Å². The van der Waals surface area contributed by atoms with Crippen molar-refractivity contribution in [3.63, 3.8) is 0 Å². The summed E-state index contributed by atoms with van der Waals surface area (Å²) in [4.78, 5) is 19.0. The zero-order chi connectivity index (χ0) is 14.4. The minimum absolute atomic E-state index is 0.0323. The molecular formula is C13H23N3O2S. The van der Waals surface area contributed by atoms with Crippen LogP contribution in [0.5, 0.6) is 0 Å².